The molecule has 1 aromatic carbocycles. The van der Waals surface area contributed by atoms with E-state index in [-0.39, 0.29) is 17.4 Å². The van der Waals surface area contributed by atoms with Crippen LogP contribution in [-0.4, -0.2) is 30.5 Å². The van der Waals surface area contributed by atoms with Crippen molar-refractivity contribution in [2.45, 2.75) is 58.6 Å². The quantitative estimate of drug-likeness (QED) is 0.597. The van der Waals surface area contributed by atoms with Gasteiger partial charge in [0.15, 0.2) is 5.78 Å². The van der Waals surface area contributed by atoms with E-state index in [2.05, 4.69) is 17.6 Å². The van der Waals surface area contributed by atoms with Gasteiger partial charge in [-0.3, -0.25) is 4.79 Å². The Labute approximate surface area is 133 Å². The highest BCUT2D eigenvalue weighted by molar-refractivity contribution is 6.01. The summed E-state index contributed by atoms with van der Waals surface area (Å²) in [6.45, 7) is 9.83. The molecule has 0 radical (unpaired) electrons. The lowest BCUT2D eigenvalue weighted by molar-refractivity contribution is 0.0950. The smallest absolute Gasteiger partial charge is 0.179 e. The van der Waals surface area contributed by atoms with E-state index in [9.17, 15) is 4.79 Å². The second-order valence-corrected chi connectivity index (χ2v) is 6.67. The average Bonchev–Trinajstić information content (AvgIpc) is 2.49. The van der Waals surface area contributed by atoms with Crippen molar-refractivity contribution >= 4 is 11.5 Å². The molecule has 0 saturated carbocycles. The van der Waals surface area contributed by atoms with E-state index in [1.165, 1.54) is 12.8 Å². The van der Waals surface area contributed by atoms with Gasteiger partial charge in [0.05, 0.1) is 18.3 Å². The molecular formula is C18H28N2O2. The number of hydrogen-bond donors (Lipinski definition) is 2. The van der Waals surface area contributed by atoms with Crippen LogP contribution in [0.25, 0.3) is 0 Å². The number of rotatable bonds is 7. The van der Waals surface area contributed by atoms with Gasteiger partial charge in [0.1, 0.15) is 11.4 Å². The van der Waals surface area contributed by atoms with Crippen molar-refractivity contribution in [3.63, 3.8) is 0 Å². The van der Waals surface area contributed by atoms with Crippen molar-refractivity contribution in [3.05, 3.63) is 23.8 Å². The van der Waals surface area contributed by atoms with Gasteiger partial charge in [-0.15, -0.1) is 0 Å². The normalized spacial score (nSPS) is 17.1. The van der Waals surface area contributed by atoms with Crippen LogP contribution in [-0.2, 0) is 0 Å². The van der Waals surface area contributed by atoms with Gasteiger partial charge in [0.2, 0.25) is 0 Å². The molecule has 0 amide bonds. The third kappa shape index (κ3) is 4.23. The number of Topliss-reactive ketones (excluding diaryl/α,β-unsaturated/α-hetero) is 1. The van der Waals surface area contributed by atoms with E-state index in [1.807, 2.05) is 39.0 Å². The minimum atomic E-state index is -0.216. The Morgan fingerprint density at radius 3 is 2.91 bits per heavy atom. The molecule has 0 saturated heterocycles. The maximum absolute atomic E-state index is 12.5. The van der Waals surface area contributed by atoms with Crippen molar-refractivity contribution in [3.8, 4) is 5.75 Å². The average molecular weight is 304 g/mol. The lowest BCUT2D eigenvalue weighted by Crippen LogP contribution is -2.40. The summed E-state index contributed by atoms with van der Waals surface area (Å²) < 4.78 is 5.92. The Hall–Kier alpha value is -1.55. The second-order valence-electron chi connectivity index (χ2n) is 6.67. The summed E-state index contributed by atoms with van der Waals surface area (Å²) in [5.41, 5.74) is 1.42. The molecule has 4 heteroatoms. The van der Waals surface area contributed by atoms with Gasteiger partial charge in [-0.2, -0.15) is 0 Å². The van der Waals surface area contributed by atoms with E-state index in [4.69, 9.17) is 4.74 Å². The summed E-state index contributed by atoms with van der Waals surface area (Å²) in [6.07, 6.45) is 3.50. The number of nitrogens with one attached hydrogen (secondary N) is 2. The first-order valence-corrected chi connectivity index (χ1v) is 8.27. The summed E-state index contributed by atoms with van der Waals surface area (Å²) in [4.78, 5) is 12.5. The molecule has 1 unspecified atom stereocenters. The number of anilines is 1. The van der Waals surface area contributed by atoms with Crippen molar-refractivity contribution in [1.29, 1.82) is 0 Å². The first-order valence-electron chi connectivity index (χ1n) is 8.27. The molecule has 1 aliphatic rings. The number of ether oxygens (including phenoxy) is 1. The van der Waals surface area contributed by atoms with Crippen molar-refractivity contribution in [1.82, 2.24) is 5.32 Å². The zero-order chi connectivity index (χ0) is 16.2. The van der Waals surface area contributed by atoms with E-state index >= 15 is 0 Å². The lowest BCUT2D eigenvalue weighted by Gasteiger charge is -2.33. The number of hydrogen-bond acceptors (Lipinski definition) is 4. The zero-order valence-corrected chi connectivity index (χ0v) is 14.2. The summed E-state index contributed by atoms with van der Waals surface area (Å²) in [6, 6.07) is 5.49. The van der Waals surface area contributed by atoms with Crippen LogP contribution in [0, 0.1) is 0 Å². The Balaban J connectivity index is 1.99. The first kappa shape index (κ1) is 16.8. The molecule has 0 fully saturated rings. The van der Waals surface area contributed by atoms with Crippen LogP contribution < -0.4 is 15.4 Å². The summed E-state index contributed by atoms with van der Waals surface area (Å²) in [5, 5.41) is 6.66. The number of carbonyl (C=O) groups excluding carboxylic acids is 1. The standard InChI is InChI=1S/C18H28N2O2/c1-5-6-7-10-19-13(2)17(21)14-8-9-16-15(11-14)20-12-18(3,4)22-16/h8-9,11,13,19-20H,5-7,10,12H2,1-4H3. The van der Waals surface area contributed by atoms with Gasteiger partial charge < -0.3 is 15.4 Å². The van der Waals surface area contributed by atoms with Crippen molar-refractivity contribution < 1.29 is 9.53 Å². The molecule has 22 heavy (non-hydrogen) atoms. The van der Waals surface area contributed by atoms with E-state index < -0.39 is 0 Å². The van der Waals surface area contributed by atoms with E-state index in [1.54, 1.807) is 0 Å². The molecule has 0 aromatic heterocycles. The van der Waals surface area contributed by atoms with Gasteiger partial charge in [-0.05, 0) is 51.9 Å². The molecular weight excluding hydrogens is 276 g/mol. The third-order valence-electron chi connectivity index (χ3n) is 3.98. The largest absolute Gasteiger partial charge is 0.484 e. The molecule has 0 bridgehead atoms. The summed E-state index contributed by atoms with van der Waals surface area (Å²) in [5.74, 6) is 0.947. The molecule has 122 valence electrons. The van der Waals surface area contributed by atoms with E-state index in [0.717, 1.165) is 36.5 Å². The zero-order valence-electron chi connectivity index (χ0n) is 14.2. The molecule has 0 aliphatic carbocycles. The Bertz CT molecular complexity index is 526. The van der Waals surface area contributed by atoms with Gasteiger partial charge in [-0.1, -0.05) is 19.8 Å². The molecule has 2 N–H and O–H groups in total. The fourth-order valence-electron chi connectivity index (χ4n) is 2.59. The maximum Gasteiger partial charge on any atom is 0.179 e. The van der Waals surface area contributed by atoms with Crippen LogP contribution in [0.4, 0.5) is 5.69 Å². The van der Waals surface area contributed by atoms with Crippen LogP contribution in [0.15, 0.2) is 18.2 Å². The minimum absolute atomic E-state index is 0.130. The monoisotopic (exact) mass is 304 g/mol. The SMILES string of the molecule is CCCCCNC(C)C(=O)c1ccc2c(c1)NCC(C)(C)O2. The fourth-order valence-corrected chi connectivity index (χ4v) is 2.59. The van der Waals surface area contributed by atoms with Crippen molar-refractivity contribution in [2.75, 3.05) is 18.4 Å². The number of carbonyl (C=O) groups is 1. The first-order chi connectivity index (χ1) is 10.4. The lowest BCUT2D eigenvalue weighted by atomic mass is 10.0. The third-order valence-corrected chi connectivity index (χ3v) is 3.98. The number of unbranched alkanes of at least 4 members (excludes halogenated alkanes) is 2. The highest BCUT2D eigenvalue weighted by Crippen LogP contribution is 2.33. The predicted molar refractivity (Wildman–Crippen MR) is 91.0 cm³/mol. The Morgan fingerprint density at radius 2 is 2.18 bits per heavy atom. The van der Waals surface area contributed by atoms with Crippen molar-refractivity contribution in [2.24, 2.45) is 0 Å². The van der Waals surface area contributed by atoms with Crippen LogP contribution in [0.2, 0.25) is 0 Å². The number of fused-ring (bicyclic) bond motifs is 1. The molecule has 2 rings (SSSR count). The summed E-state index contributed by atoms with van der Waals surface area (Å²) >= 11 is 0. The topological polar surface area (TPSA) is 50.4 Å². The van der Waals surface area contributed by atoms with Crippen LogP contribution in [0.1, 0.15) is 57.3 Å². The second kappa shape index (κ2) is 7.14. The predicted octanol–water partition coefficient (Wildman–Crippen LogP) is 3.62. The highest BCUT2D eigenvalue weighted by Gasteiger charge is 2.27. The Morgan fingerprint density at radius 1 is 1.41 bits per heavy atom. The Kier molecular flexibility index (Phi) is 5.46. The van der Waals surface area contributed by atoms with Crippen LogP contribution >= 0.6 is 0 Å². The van der Waals surface area contributed by atoms with Gasteiger partial charge in [0.25, 0.3) is 0 Å². The summed E-state index contributed by atoms with van der Waals surface area (Å²) in [7, 11) is 0. The van der Waals surface area contributed by atoms with Crippen LogP contribution in [0.5, 0.6) is 5.75 Å². The minimum Gasteiger partial charge on any atom is -0.484 e. The molecule has 1 aromatic rings. The van der Waals surface area contributed by atoms with Gasteiger partial charge in [0, 0.05) is 5.56 Å². The number of benzene rings is 1. The highest BCUT2D eigenvalue weighted by atomic mass is 16.5. The fraction of sp³-hybridized carbons (Fsp3) is 0.611. The van der Waals surface area contributed by atoms with Crippen LogP contribution in [0.3, 0.4) is 0 Å². The number of ketones is 1. The molecule has 0 spiro atoms. The molecule has 1 aliphatic heterocycles. The van der Waals surface area contributed by atoms with Gasteiger partial charge >= 0.3 is 0 Å². The van der Waals surface area contributed by atoms with E-state index in [0.29, 0.717) is 0 Å². The molecule has 1 heterocycles. The van der Waals surface area contributed by atoms with Gasteiger partial charge in [-0.25, -0.2) is 0 Å². The maximum atomic E-state index is 12.5. The molecule has 1 atom stereocenters. The molecule has 4 nitrogen and oxygen atoms in total.